The molecule has 0 amide bonds. The molecule has 2 N–H and O–H groups in total. The number of aliphatic hydroxyl groups is 1. The molecule has 0 fully saturated rings. The molecular weight excluding hydrogens is 159 g/mol. The first-order valence-electron chi connectivity index (χ1n) is 3.69. The van der Waals surface area contributed by atoms with E-state index in [2.05, 4.69) is 0 Å². The van der Waals surface area contributed by atoms with E-state index >= 15 is 0 Å². The van der Waals surface area contributed by atoms with Crippen molar-refractivity contribution in [3.05, 3.63) is 29.1 Å². The second kappa shape index (κ2) is 3.11. The Labute approximate surface area is 70.3 Å². The molecule has 2 nitrogen and oxygen atoms in total. The minimum absolute atomic E-state index is 0.0233. The number of aliphatic hydroxyl groups excluding tert-OH is 1. The molecule has 1 rings (SSSR count). The Kier molecular flexibility index (Phi) is 2.33. The van der Waals surface area contributed by atoms with Gasteiger partial charge in [0.25, 0.3) is 0 Å². The largest absolute Gasteiger partial charge is 0.508 e. The molecule has 0 aliphatic heterocycles. The van der Waals surface area contributed by atoms with E-state index in [1.165, 1.54) is 19.1 Å². The van der Waals surface area contributed by atoms with E-state index in [0.717, 1.165) is 0 Å². The van der Waals surface area contributed by atoms with Gasteiger partial charge in [0, 0.05) is 5.56 Å². The Bertz CT molecular complexity index is 295. The zero-order valence-corrected chi connectivity index (χ0v) is 7.00. The molecule has 0 heterocycles. The maximum Gasteiger partial charge on any atom is 0.132 e. The quantitative estimate of drug-likeness (QED) is 0.675. The topological polar surface area (TPSA) is 40.5 Å². The normalized spacial score (nSPS) is 13.0. The monoisotopic (exact) mass is 170 g/mol. The number of hydrogen-bond donors (Lipinski definition) is 2. The molecule has 0 spiro atoms. The summed E-state index contributed by atoms with van der Waals surface area (Å²) in [6, 6.07) is 2.55. The third kappa shape index (κ3) is 1.56. The van der Waals surface area contributed by atoms with Crippen LogP contribution in [0.1, 0.15) is 24.2 Å². The van der Waals surface area contributed by atoms with Crippen molar-refractivity contribution in [1.82, 2.24) is 0 Å². The van der Waals surface area contributed by atoms with Crippen molar-refractivity contribution in [2.24, 2.45) is 0 Å². The molecule has 12 heavy (non-hydrogen) atoms. The Balaban J connectivity index is 3.28. The van der Waals surface area contributed by atoms with E-state index in [1.54, 1.807) is 6.92 Å². The van der Waals surface area contributed by atoms with Gasteiger partial charge >= 0.3 is 0 Å². The first-order chi connectivity index (χ1) is 5.52. The molecule has 3 heteroatoms. The molecule has 0 radical (unpaired) electrons. The molecule has 66 valence electrons. The van der Waals surface area contributed by atoms with Crippen LogP contribution < -0.4 is 0 Å². The lowest BCUT2D eigenvalue weighted by molar-refractivity contribution is 0.193. The van der Waals surface area contributed by atoms with Crippen molar-refractivity contribution in [1.29, 1.82) is 0 Å². The van der Waals surface area contributed by atoms with E-state index in [4.69, 9.17) is 10.2 Å². The van der Waals surface area contributed by atoms with Crippen LogP contribution >= 0.6 is 0 Å². The highest BCUT2D eigenvalue weighted by atomic mass is 19.1. The fraction of sp³-hybridized carbons (Fsp3) is 0.333. The number of aryl methyl sites for hydroxylation is 1. The number of phenols is 1. The fourth-order valence-electron chi connectivity index (χ4n) is 1.08. The summed E-state index contributed by atoms with van der Waals surface area (Å²) >= 11 is 0. The second-order valence-electron chi connectivity index (χ2n) is 2.84. The number of benzene rings is 1. The van der Waals surface area contributed by atoms with Crippen LogP contribution in [0.2, 0.25) is 0 Å². The summed E-state index contributed by atoms with van der Waals surface area (Å²) in [4.78, 5) is 0. The highest BCUT2D eigenvalue weighted by molar-refractivity contribution is 5.35. The molecule has 1 unspecified atom stereocenters. The first-order valence-corrected chi connectivity index (χ1v) is 3.69. The highest BCUT2D eigenvalue weighted by Gasteiger charge is 2.11. The molecule has 0 aromatic heterocycles. The van der Waals surface area contributed by atoms with Crippen molar-refractivity contribution in [3.8, 4) is 5.75 Å². The van der Waals surface area contributed by atoms with Crippen molar-refractivity contribution in [3.63, 3.8) is 0 Å². The molecule has 0 aliphatic rings. The zero-order valence-electron chi connectivity index (χ0n) is 7.00. The zero-order chi connectivity index (χ0) is 9.30. The number of rotatable bonds is 1. The van der Waals surface area contributed by atoms with Crippen molar-refractivity contribution >= 4 is 0 Å². The second-order valence-corrected chi connectivity index (χ2v) is 2.84. The summed E-state index contributed by atoms with van der Waals surface area (Å²) in [6.45, 7) is 3.00. The number of aromatic hydroxyl groups is 1. The van der Waals surface area contributed by atoms with Gasteiger partial charge in [-0.25, -0.2) is 4.39 Å². The van der Waals surface area contributed by atoms with Crippen molar-refractivity contribution in [2.75, 3.05) is 0 Å². The maximum absolute atomic E-state index is 13.2. The Morgan fingerprint density at radius 1 is 1.42 bits per heavy atom. The van der Waals surface area contributed by atoms with Gasteiger partial charge in [-0.2, -0.15) is 0 Å². The van der Waals surface area contributed by atoms with Crippen LogP contribution in [0.4, 0.5) is 4.39 Å². The van der Waals surface area contributed by atoms with Crippen LogP contribution in [0.3, 0.4) is 0 Å². The van der Waals surface area contributed by atoms with Gasteiger partial charge in [0.2, 0.25) is 0 Å². The average molecular weight is 170 g/mol. The molecule has 1 aromatic rings. The third-order valence-electron chi connectivity index (χ3n) is 1.72. The van der Waals surface area contributed by atoms with Crippen LogP contribution in [0.15, 0.2) is 12.1 Å². The summed E-state index contributed by atoms with van der Waals surface area (Å²) in [6.07, 6.45) is -0.893. The summed E-state index contributed by atoms with van der Waals surface area (Å²) in [7, 11) is 0. The molecule has 0 saturated heterocycles. The van der Waals surface area contributed by atoms with Gasteiger partial charge in [0.05, 0.1) is 6.10 Å². The Hall–Kier alpha value is -1.09. The van der Waals surface area contributed by atoms with Gasteiger partial charge in [0.15, 0.2) is 0 Å². The lowest BCUT2D eigenvalue weighted by Gasteiger charge is -2.08. The van der Waals surface area contributed by atoms with Gasteiger partial charge in [-0.15, -0.1) is 0 Å². The molecule has 1 aromatic carbocycles. The number of hydrogen-bond acceptors (Lipinski definition) is 2. The minimum atomic E-state index is -0.893. The summed E-state index contributed by atoms with van der Waals surface area (Å²) in [5, 5.41) is 18.2. The Morgan fingerprint density at radius 2 is 2.00 bits per heavy atom. The fourth-order valence-corrected chi connectivity index (χ4v) is 1.08. The minimum Gasteiger partial charge on any atom is -0.508 e. The van der Waals surface area contributed by atoms with Crippen LogP contribution in [0.25, 0.3) is 0 Å². The summed E-state index contributed by atoms with van der Waals surface area (Å²) < 4.78 is 13.2. The van der Waals surface area contributed by atoms with Gasteiger partial charge in [-0.05, 0) is 31.5 Å². The Morgan fingerprint density at radius 3 is 2.50 bits per heavy atom. The van der Waals surface area contributed by atoms with Crippen molar-refractivity contribution in [2.45, 2.75) is 20.0 Å². The van der Waals surface area contributed by atoms with E-state index < -0.39 is 11.9 Å². The standard InChI is InChI=1S/C9H11FO2/c1-5-3-7(12)4-8(6(2)11)9(5)10/h3-4,6,11-12H,1-2H3. The van der Waals surface area contributed by atoms with E-state index in [-0.39, 0.29) is 11.3 Å². The SMILES string of the molecule is Cc1cc(O)cc(C(C)O)c1F. The number of halogens is 1. The highest BCUT2D eigenvalue weighted by Crippen LogP contribution is 2.24. The van der Waals surface area contributed by atoms with Crippen LogP contribution in [-0.2, 0) is 0 Å². The smallest absolute Gasteiger partial charge is 0.132 e. The van der Waals surface area contributed by atoms with Crippen LogP contribution in [0.5, 0.6) is 5.75 Å². The molecular formula is C9H11FO2. The molecule has 0 bridgehead atoms. The van der Waals surface area contributed by atoms with Crippen molar-refractivity contribution < 1.29 is 14.6 Å². The van der Waals surface area contributed by atoms with Gasteiger partial charge in [-0.1, -0.05) is 0 Å². The average Bonchev–Trinajstić information content (AvgIpc) is 1.96. The summed E-state index contributed by atoms with van der Waals surface area (Å²) in [5.41, 5.74) is 0.471. The molecule has 0 saturated carbocycles. The molecule has 0 aliphatic carbocycles. The van der Waals surface area contributed by atoms with Crippen LogP contribution in [-0.4, -0.2) is 10.2 Å². The van der Waals surface area contributed by atoms with Crippen LogP contribution in [0, 0.1) is 12.7 Å². The summed E-state index contributed by atoms with van der Waals surface area (Å²) in [5.74, 6) is -0.479. The first kappa shape index (κ1) is 9.00. The van der Waals surface area contributed by atoms with Gasteiger partial charge < -0.3 is 10.2 Å². The lowest BCUT2D eigenvalue weighted by Crippen LogP contribution is -1.97. The van der Waals surface area contributed by atoms with E-state index in [9.17, 15) is 4.39 Å². The predicted molar refractivity (Wildman–Crippen MR) is 43.4 cm³/mol. The van der Waals surface area contributed by atoms with E-state index in [0.29, 0.717) is 5.56 Å². The third-order valence-corrected chi connectivity index (χ3v) is 1.72. The van der Waals surface area contributed by atoms with Gasteiger partial charge in [0.1, 0.15) is 11.6 Å². The maximum atomic E-state index is 13.2. The molecule has 1 atom stereocenters. The lowest BCUT2D eigenvalue weighted by atomic mass is 10.1. The van der Waals surface area contributed by atoms with Gasteiger partial charge in [-0.3, -0.25) is 0 Å². The predicted octanol–water partition coefficient (Wildman–Crippen LogP) is 1.89. The number of phenolic OH excluding ortho intramolecular Hbond substituents is 1. The van der Waals surface area contributed by atoms with E-state index in [1.807, 2.05) is 0 Å².